The highest BCUT2D eigenvalue weighted by Gasteiger charge is 2.10. The molecule has 0 aliphatic rings. The highest BCUT2D eigenvalue weighted by molar-refractivity contribution is 5.66. The number of benzene rings is 1. The largest absolute Gasteiger partial charge is 0.497 e. The zero-order valence-electron chi connectivity index (χ0n) is 9.40. The highest BCUT2D eigenvalue weighted by atomic mass is 16.5. The van der Waals surface area contributed by atoms with Gasteiger partial charge < -0.3 is 9.47 Å². The van der Waals surface area contributed by atoms with E-state index in [1.54, 1.807) is 13.2 Å². The Bertz CT molecular complexity index is 400. The predicted molar refractivity (Wildman–Crippen MR) is 61.2 cm³/mol. The first-order valence-electron chi connectivity index (χ1n) is 4.84. The van der Waals surface area contributed by atoms with Crippen molar-refractivity contribution >= 4 is 5.97 Å². The number of rotatable bonds is 4. The Morgan fingerprint density at radius 2 is 2.06 bits per heavy atom. The summed E-state index contributed by atoms with van der Waals surface area (Å²) in [5.74, 6) is 0.417. The third-order valence-electron chi connectivity index (χ3n) is 2.01. The lowest BCUT2D eigenvalue weighted by molar-refractivity contribution is -0.144. The minimum Gasteiger partial charge on any atom is -0.497 e. The van der Waals surface area contributed by atoms with Crippen molar-refractivity contribution in [2.45, 2.75) is 13.0 Å². The molecule has 0 N–H and O–H groups in total. The molecule has 0 fully saturated rings. The predicted octanol–water partition coefficient (Wildman–Crippen LogP) is 2.64. The molecule has 84 valence electrons. The average molecular weight is 218 g/mol. The fraction of sp³-hybridized carbons (Fsp3) is 0.231. The lowest BCUT2D eigenvalue weighted by Gasteiger charge is -2.12. The monoisotopic (exact) mass is 218 g/mol. The molecule has 0 heterocycles. The van der Waals surface area contributed by atoms with Gasteiger partial charge in [-0.25, -0.2) is 0 Å². The van der Waals surface area contributed by atoms with Crippen molar-refractivity contribution in [1.29, 1.82) is 0 Å². The van der Waals surface area contributed by atoms with Gasteiger partial charge in [-0.3, -0.25) is 4.79 Å². The van der Waals surface area contributed by atoms with E-state index in [0.29, 0.717) is 0 Å². The van der Waals surface area contributed by atoms with Gasteiger partial charge in [0, 0.05) is 13.0 Å². The third kappa shape index (κ3) is 3.30. The molecule has 1 rings (SSSR count). The van der Waals surface area contributed by atoms with Crippen LogP contribution in [0.5, 0.6) is 5.75 Å². The summed E-state index contributed by atoms with van der Waals surface area (Å²) in [5, 5.41) is 0. The molecule has 3 heteroatoms. The summed E-state index contributed by atoms with van der Waals surface area (Å²) in [7, 11) is 1.60. The maximum Gasteiger partial charge on any atom is 0.303 e. The van der Waals surface area contributed by atoms with Crippen LogP contribution in [-0.2, 0) is 9.53 Å². The van der Waals surface area contributed by atoms with Crippen LogP contribution in [0.15, 0.2) is 42.7 Å². The molecule has 0 aliphatic heterocycles. The summed E-state index contributed by atoms with van der Waals surface area (Å²) in [6, 6.07) is 7.28. The van der Waals surface area contributed by atoms with Gasteiger partial charge in [0.1, 0.15) is 5.75 Å². The fourth-order valence-electron chi connectivity index (χ4n) is 1.28. The molecule has 16 heavy (non-hydrogen) atoms. The molecule has 1 atom stereocenters. The first-order valence-corrected chi connectivity index (χ1v) is 4.84. The Hall–Kier alpha value is -1.99. The van der Waals surface area contributed by atoms with E-state index in [0.717, 1.165) is 11.3 Å². The molecule has 0 spiro atoms. The molecule has 3 nitrogen and oxygen atoms in total. The van der Waals surface area contributed by atoms with E-state index in [2.05, 4.69) is 12.3 Å². The number of methoxy groups -OCH3 is 1. The van der Waals surface area contributed by atoms with Gasteiger partial charge in [0.2, 0.25) is 0 Å². The third-order valence-corrected chi connectivity index (χ3v) is 2.01. The molecule has 0 saturated heterocycles. The van der Waals surface area contributed by atoms with Crippen molar-refractivity contribution in [1.82, 2.24) is 0 Å². The second-order valence-electron chi connectivity index (χ2n) is 3.17. The van der Waals surface area contributed by atoms with E-state index in [1.807, 2.05) is 24.3 Å². The van der Waals surface area contributed by atoms with Crippen molar-refractivity contribution in [3.8, 4) is 5.75 Å². The van der Waals surface area contributed by atoms with Gasteiger partial charge in [0.25, 0.3) is 0 Å². The van der Waals surface area contributed by atoms with Crippen LogP contribution >= 0.6 is 0 Å². The molecule has 1 unspecified atom stereocenters. The smallest absolute Gasteiger partial charge is 0.303 e. The number of hydrogen-bond acceptors (Lipinski definition) is 3. The van der Waals surface area contributed by atoms with Gasteiger partial charge in [-0.05, 0) is 17.7 Å². The van der Waals surface area contributed by atoms with Crippen molar-refractivity contribution in [3.63, 3.8) is 0 Å². The number of carbonyl (C=O) groups is 1. The molecule has 0 amide bonds. The Labute approximate surface area is 95.0 Å². The molecule has 0 aliphatic carbocycles. The van der Waals surface area contributed by atoms with Gasteiger partial charge in [-0.15, -0.1) is 5.73 Å². The number of esters is 1. The minimum absolute atomic E-state index is 0.340. The van der Waals surface area contributed by atoms with Crippen molar-refractivity contribution in [2.75, 3.05) is 7.11 Å². The zero-order valence-corrected chi connectivity index (χ0v) is 9.40. The molecule has 0 radical (unpaired) electrons. The number of ether oxygens (including phenoxy) is 2. The molecule has 0 bridgehead atoms. The molecular weight excluding hydrogens is 204 g/mol. The van der Waals surface area contributed by atoms with Crippen LogP contribution in [0.4, 0.5) is 0 Å². The quantitative estimate of drug-likeness (QED) is 0.575. The maximum absolute atomic E-state index is 10.9. The highest BCUT2D eigenvalue weighted by Crippen LogP contribution is 2.21. The molecule has 1 aromatic rings. The Morgan fingerprint density at radius 1 is 1.44 bits per heavy atom. The van der Waals surface area contributed by atoms with Crippen LogP contribution in [0.3, 0.4) is 0 Å². The van der Waals surface area contributed by atoms with E-state index in [1.165, 1.54) is 6.92 Å². The standard InChI is InChI=1S/C13H14O3/c1-4-5-13(16-10(2)14)11-6-8-12(15-3)9-7-11/h5-9,13H,1H2,2-3H3. The Balaban J connectivity index is 2.91. The van der Waals surface area contributed by atoms with Crippen molar-refractivity contribution in [2.24, 2.45) is 0 Å². The Kier molecular flexibility index (Phi) is 4.37. The summed E-state index contributed by atoms with van der Waals surface area (Å²) >= 11 is 0. The van der Waals surface area contributed by atoms with Crippen molar-refractivity contribution < 1.29 is 14.3 Å². The summed E-state index contributed by atoms with van der Waals surface area (Å²) in [5.41, 5.74) is 3.47. The first-order chi connectivity index (χ1) is 7.67. The van der Waals surface area contributed by atoms with Crippen LogP contribution in [0.2, 0.25) is 0 Å². The first kappa shape index (κ1) is 12.1. The summed E-state index contributed by atoms with van der Waals surface area (Å²) in [4.78, 5) is 10.9. The van der Waals surface area contributed by atoms with Crippen molar-refractivity contribution in [3.05, 3.63) is 48.2 Å². The fourth-order valence-corrected chi connectivity index (χ4v) is 1.28. The van der Waals surface area contributed by atoms with E-state index in [9.17, 15) is 4.79 Å². The lowest BCUT2D eigenvalue weighted by Crippen LogP contribution is -2.05. The van der Waals surface area contributed by atoms with Crippen LogP contribution in [-0.4, -0.2) is 13.1 Å². The van der Waals surface area contributed by atoms with Crippen LogP contribution in [0, 0.1) is 0 Å². The normalized spacial score (nSPS) is 11.1. The molecule has 0 saturated carbocycles. The topological polar surface area (TPSA) is 35.5 Å². The van der Waals surface area contributed by atoms with E-state index >= 15 is 0 Å². The van der Waals surface area contributed by atoms with Gasteiger partial charge in [-0.2, -0.15) is 0 Å². The van der Waals surface area contributed by atoms with Crippen LogP contribution in [0.25, 0.3) is 0 Å². The van der Waals surface area contributed by atoms with E-state index < -0.39 is 6.10 Å². The average Bonchev–Trinajstić information content (AvgIpc) is 2.28. The van der Waals surface area contributed by atoms with Gasteiger partial charge in [0.15, 0.2) is 6.10 Å². The second kappa shape index (κ2) is 5.79. The van der Waals surface area contributed by atoms with Gasteiger partial charge in [0.05, 0.1) is 7.11 Å². The Morgan fingerprint density at radius 3 is 2.50 bits per heavy atom. The number of carbonyl (C=O) groups excluding carboxylic acids is 1. The zero-order chi connectivity index (χ0) is 12.0. The minimum atomic E-state index is -0.444. The lowest BCUT2D eigenvalue weighted by atomic mass is 10.1. The molecule has 0 aromatic heterocycles. The van der Waals surface area contributed by atoms with Crippen LogP contribution < -0.4 is 4.74 Å². The SMILES string of the molecule is C=C=CC(OC(C)=O)c1ccc(OC)cc1. The second-order valence-corrected chi connectivity index (χ2v) is 3.17. The maximum atomic E-state index is 10.9. The molecular formula is C13H14O3. The van der Waals surface area contributed by atoms with E-state index in [-0.39, 0.29) is 5.97 Å². The summed E-state index contributed by atoms with van der Waals surface area (Å²) in [6.45, 7) is 4.84. The number of hydrogen-bond donors (Lipinski definition) is 0. The molecule has 1 aromatic carbocycles. The van der Waals surface area contributed by atoms with Crippen LogP contribution in [0.1, 0.15) is 18.6 Å². The van der Waals surface area contributed by atoms with Gasteiger partial charge in [-0.1, -0.05) is 18.7 Å². The van der Waals surface area contributed by atoms with E-state index in [4.69, 9.17) is 9.47 Å². The summed E-state index contributed by atoms with van der Waals surface area (Å²) < 4.78 is 10.2. The van der Waals surface area contributed by atoms with Gasteiger partial charge >= 0.3 is 5.97 Å². The summed E-state index contributed by atoms with van der Waals surface area (Å²) in [6.07, 6.45) is 1.16.